The third-order valence-corrected chi connectivity index (χ3v) is 5.25. The van der Waals surface area contributed by atoms with Gasteiger partial charge in [0.1, 0.15) is 16.5 Å². The van der Waals surface area contributed by atoms with Crippen LogP contribution in [0.15, 0.2) is 0 Å². The van der Waals surface area contributed by atoms with E-state index in [4.69, 9.17) is 9.47 Å². The standard InChI is InChI=1S/C17H25N3O2S/c1-4-21-14(22-5-2)10-18-16-15-12-8-6-7-9-13(12)23-17(15)20-11(3)19-16/h14H,4-10H2,1-3H3,(H,18,19,20). The lowest BCUT2D eigenvalue weighted by atomic mass is 9.97. The van der Waals surface area contributed by atoms with Crippen LogP contribution in [0.25, 0.3) is 10.2 Å². The average Bonchev–Trinajstić information content (AvgIpc) is 2.90. The van der Waals surface area contributed by atoms with Crippen LogP contribution in [0.3, 0.4) is 0 Å². The number of ether oxygens (including phenoxy) is 2. The maximum atomic E-state index is 5.62. The van der Waals surface area contributed by atoms with E-state index in [1.165, 1.54) is 35.1 Å². The van der Waals surface area contributed by atoms with E-state index in [0.717, 1.165) is 22.9 Å². The van der Waals surface area contributed by atoms with Crippen LogP contribution in [0.4, 0.5) is 5.82 Å². The van der Waals surface area contributed by atoms with Crippen LogP contribution in [0, 0.1) is 6.92 Å². The molecule has 126 valence electrons. The lowest BCUT2D eigenvalue weighted by Crippen LogP contribution is -2.27. The van der Waals surface area contributed by atoms with Gasteiger partial charge >= 0.3 is 0 Å². The van der Waals surface area contributed by atoms with E-state index < -0.39 is 0 Å². The fourth-order valence-electron chi connectivity index (χ4n) is 3.11. The summed E-state index contributed by atoms with van der Waals surface area (Å²) in [7, 11) is 0. The second-order valence-electron chi connectivity index (χ2n) is 5.73. The predicted molar refractivity (Wildman–Crippen MR) is 94.3 cm³/mol. The molecule has 0 fully saturated rings. The Hall–Kier alpha value is -1.24. The molecular weight excluding hydrogens is 310 g/mol. The largest absolute Gasteiger partial charge is 0.364 e. The number of aromatic nitrogens is 2. The molecule has 5 nitrogen and oxygen atoms in total. The zero-order valence-electron chi connectivity index (χ0n) is 14.1. The van der Waals surface area contributed by atoms with E-state index >= 15 is 0 Å². The average molecular weight is 335 g/mol. The lowest BCUT2D eigenvalue weighted by molar-refractivity contribution is -0.126. The van der Waals surface area contributed by atoms with Gasteiger partial charge in [-0.1, -0.05) is 0 Å². The monoisotopic (exact) mass is 335 g/mol. The van der Waals surface area contributed by atoms with Crippen LogP contribution < -0.4 is 5.32 Å². The number of hydrogen-bond donors (Lipinski definition) is 1. The molecule has 2 heterocycles. The summed E-state index contributed by atoms with van der Waals surface area (Å²) in [5.74, 6) is 1.74. The van der Waals surface area contributed by atoms with Gasteiger partial charge in [-0.15, -0.1) is 11.3 Å². The van der Waals surface area contributed by atoms with Crippen molar-refractivity contribution in [3.05, 3.63) is 16.3 Å². The van der Waals surface area contributed by atoms with E-state index in [2.05, 4.69) is 15.3 Å². The summed E-state index contributed by atoms with van der Waals surface area (Å²) in [6.45, 7) is 7.78. The van der Waals surface area contributed by atoms with Crippen molar-refractivity contribution in [2.75, 3.05) is 25.1 Å². The Kier molecular flexibility index (Phi) is 5.46. The Bertz CT molecular complexity index is 665. The van der Waals surface area contributed by atoms with Gasteiger partial charge < -0.3 is 14.8 Å². The topological polar surface area (TPSA) is 56.3 Å². The third kappa shape index (κ3) is 3.65. The Balaban J connectivity index is 1.88. The molecule has 2 aromatic heterocycles. The van der Waals surface area contributed by atoms with Crippen molar-refractivity contribution in [3.8, 4) is 0 Å². The number of nitrogens with one attached hydrogen (secondary N) is 1. The van der Waals surface area contributed by atoms with E-state index in [-0.39, 0.29) is 6.29 Å². The molecule has 0 saturated carbocycles. The third-order valence-electron chi connectivity index (χ3n) is 4.07. The van der Waals surface area contributed by atoms with E-state index in [1.807, 2.05) is 32.1 Å². The Morgan fingerprint density at radius 3 is 2.61 bits per heavy atom. The molecule has 1 N–H and O–H groups in total. The summed E-state index contributed by atoms with van der Waals surface area (Å²) in [6, 6.07) is 0. The van der Waals surface area contributed by atoms with Crippen molar-refractivity contribution in [3.63, 3.8) is 0 Å². The SMILES string of the molecule is CCOC(CNc1nc(C)nc2sc3c(c12)CCCC3)OCC. The summed E-state index contributed by atoms with van der Waals surface area (Å²) in [5, 5.41) is 4.65. The highest BCUT2D eigenvalue weighted by Gasteiger charge is 2.21. The van der Waals surface area contributed by atoms with E-state index in [9.17, 15) is 0 Å². The molecule has 0 aliphatic heterocycles. The summed E-state index contributed by atoms with van der Waals surface area (Å²) >= 11 is 1.83. The fourth-order valence-corrected chi connectivity index (χ4v) is 4.42. The molecule has 0 atom stereocenters. The second-order valence-corrected chi connectivity index (χ2v) is 6.82. The van der Waals surface area contributed by atoms with Crippen LogP contribution in [-0.4, -0.2) is 36.0 Å². The van der Waals surface area contributed by atoms with Crippen LogP contribution in [-0.2, 0) is 22.3 Å². The summed E-state index contributed by atoms with van der Waals surface area (Å²) in [6.07, 6.45) is 4.61. The molecule has 0 spiro atoms. The molecular formula is C17H25N3O2S. The van der Waals surface area contributed by atoms with Gasteiger partial charge in [-0.05, 0) is 52.0 Å². The first-order chi connectivity index (χ1) is 11.2. The number of nitrogens with zero attached hydrogens (tertiary/aromatic N) is 2. The molecule has 1 aliphatic carbocycles. The highest BCUT2D eigenvalue weighted by atomic mass is 32.1. The molecule has 2 aromatic rings. The molecule has 3 rings (SSSR count). The lowest BCUT2D eigenvalue weighted by Gasteiger charge is -2.18. The quantitative estimate of drug-likeness (QED) is 0.782. The number of hydrogen-bond acceptors (Lipinski definition) is 6. The maximum absolute atomic E-state index is 5.62. The van der Waals surface area contributed by atoms with Crippen molar-refractivity contribution in [2.45, 2.75) is 52.7 Å². The van der Waals surface area contributed by atoms with Crippen molar-refractivity contribution in [2.24, 2.45) is 0 Å². The number of fused-ring (bicyclic) bond motifs is 3. The summed E-state index contributed by atoms with van der Waals surface area (Å²) < 4.78 is 11.2. The molecule has 0 bridgehead atoms. The minimum atomic E-state index is -0.246. The second kappa shape index (κ2) is 7.55. The summed E-state index contributed by atoms with van der Waals surface area (Å²) in [5.41, 5.74) is 1.45. The van der Waals surface area contributed by atoms with Gasteiger partial charge in [0.05, 0.1) is 11.9 Å². The number of rotatable bonds is 7. The van der Waals surface area contributed by atoms with Crippen LogP contribution in [0.5, 0.6) is 0 Å². The molecule has 1 aliphatic rings. The molecule has 0 radical (unpaired) electrons. The van der Waals surface area contributed by atoms with Gasteiger partial charge in [0.25, 0.3) is 0 Å². The first-order valence-electron chi connectivity index (χ1n) is 8.48. The maximum Gasteiger partial charge on any atom is 0.174 e. The number of aryl methyl sites for hydroxylation is 3. The summed E-state index contributed by atoms with van der Waals surface area (Å²) in [4.78, 5) is 11.9. The van der Waals surface area contributed by atoms with Gasteiger partial charge in [-0.25, -0.2) is 9.97 Å². The van der Waals surface area contributed by atoms with Crippen LogP contribution in [0.2, 0.25) is 0 Å². The molecule has 0 amide bonds. The van der Waals surface area contributed by atoms with Gasteiger partial charge in [-0.2, -0.15) is 0 Å². The minimum Gasteiger partial charge on any atom is -0.364 e. The highest BCUT2D eigenvalue weighted by Crippen LogP contribution is 2.38. The number of thiophene rings is 1. The van der Waals surface area contributed by atoms with Crippen LogP contribution >= 0.6 is 11.3 Å². The van der Waals surface area contributed by atoms with Crippen molar-refractivity contribution in [1.29, 1.82) is 0 Å². The van der Waals surface area contributed by atoms with E-state index in [1.54, 1.807) is 0 Å². The molecule has 23 heavy (non-hydrogen) atoms. The van der Waals surface area contributed by atoms with Crippen molar-refractivity contribution >= 4 is 27.4 Å². The Morgan fingerprint density at radius 1 is 1.13 bits per heavy atom. The number of anilines is 1. The molecule has 0 unspecified atom stereocenters. The Morgan fingerprint density at radius 2 is 1.87 bits per heavy atom. The van der Waals surface area contributed by atoms with Crippen molar-refractivity contribution < 1.29 is 9.47 Å². The minimum absolute atomic E-state index is 0.246. The fraction of sp³-hybridized carbons (Fsp3) is 0.647. The zero-order valence-corrected chi connectivity index (χ0v) is 15.0. The van der Waals surface area contributed by atoms with Gasteiger partial charge in [0, 0.05) is 18.1 Å². The molecule has 6 heteroatoms. The zero-order chi connectivity index (χ0) is 16.2. The van der Waals surface area contributed by atoms with E-state index in [0.29, 0.717) is 19.8 Å². The molecule has 0 saturated heterocycles. The van der Waals surface area contributed by atoms with Gasteiger partial charge in [-0.3, -0.25) is 0 Å². The first kappa shape index (κ1) is 16.6. The van der Waals surface area contributed by atoms with Gasteiger partial charge in [0.2, 0.25) is 0 Å². The molecule has 0 aromatic carbocycles. The normalized spacial score (nSPS) is 14.4. The van der Waals surface area contributed by atoms with Crippen molar-refractivity contribution in [1.82, 2.24) is 9.97 Å². The predicted octanol–water partition coefficient (Wildman–Crippen LogP) is 3.69. The van der Waals surface area contributed by atoms with Crippen LogP contribution in [0.1, 0.15) is 43.0 Å². The van der Waals surface area contributed by atoms with Gasteiger partial charge in [0.15, 0.2) is 6.29 Å². The smallest absolute Gasteiger partial charge is 0.174 e. The highest BCUT2D eigenvalue weighted by molar-refractivity contribution is 7.19. The Labute approximate surface area is 141 Å². The first-order valence-corrected chi connectivity index (χ1v) is 9.30.